The fourth-order valence-electron chi connectivity index (χ4n) is 1.09. The number of terminal acetylenes is 1. The summed E-state index contributed by atoms with van der Waals surface area (Å²) < 4.78 is 0. The normalized spacial score (nSPS) is 23.3. The van der Waals surface area contributed by atoms with Crippen molar-refractivity contribution >= 4 is 11.8 Å². The minimum absolute atomic E-state index is 0.0604. The third kappa shape index (κ3) is 1.40. The number of rotatable bonds is 1. The van der Waals surface area contributed by atoms with Crippen LogP contribution in [0, 0.1) is 12.3 Å². The molecule has 12 heavy (non-hydrogen) atoms. The van der Waals surface area contributed by atoms with Crippen LogP contribution in [0.3, 0.4) is 0 Å². The van der Waals surface area contributed by atoms with Gasteiger partial charge in [-0.1, -0.05) is 5.92 Å². The maximum absolute atomic E-state index is 11.2. The zero-order chi connectivity index (χ0) is 9.14. The summed E-state index contributed by atoms with van der Waals surface area (Å²) in [6.07, 6.45) is 5.05. The van der Waals surface area contributed by atoms with E-state index in [1.54, 1.807) is 6.92 Å². The average molecular weight is 166 g/mol. The third-order valence-electron chi connectivity index (χ3n) is 1.84. The standard InChI is InChI=1S/C8H10N2O2/c1-3-4-10-6(2)8(12)9-5-7(10)11/h1,6H,4-5H2,2H3,(H,9,12). The minimum Gasteiger partial charge on any atom is -0.345 e. The largest absolute Gasteiger partial charge is 0.345 e. The molecule has 0 radical (unpaired) electrons. The second kappa shape index (κ2) is 3.26. The number of hydrogen-bond donors (Lipinski definition) is 1. The van der Waals surface area contributed by atoms with Crippen molar-refractivity contribution in [3.63, 3.8) is 0 Å². The first kappa shape index (κ1) is 8.60. The van der Waals surface area contributed by atoms with E-state index in [1.165, 1.54) is 4.90 Å². The Hall–Kier alpha value is -1.50. The average Bonchev–Trinajstić information content (AvgIpc) is 2.06. The molecule has 0 aromatic carbocycles. The first-order valence-electron chi connectivity index (χ1n) is 3.67. The summed E-state index contributed by atoms with van der Waals surface area (Å²) >= 11 is 0. The van der Waals surface area contributed by atoms with Crippen LogP contribution in [0.5, 0.6) is 0 Å². The van der Waals surface area contributed by atoms with Gasteiger partial charge in [0.1, 0.15) is 6.04 Å². The van der Waals surface area contributed by atoms with Crippen molar-refractivity contribution in [2.75, 3.05) is 13.1 Å². The molecule has 0 bridgehead atoms. The second-order valence-electron chi connectivity index (χ2n) is 2.62. The molecule has 4 nitrogen and oxygen atoms in total. The van der Waals surface area contributed by atoms with Gasteiger partial charge in [0.2, 0.25) is 11.8 Å². The molecule has 1 rings (SSSR count). The summed E-state index contributed by atoms with van der Waals surface area (Å²) in [7, 11) is 0. The molecule has 1 saturated heterocycles. The molecule has 1 fully saturated rings. The van der Waals surface area contributed by atoms with E-state index in [9.17, 15) is 9.59 Å². The number of carbonyl (C=O) groups is 2. The van der Waals surface area contributed by atoms with Crippen LogP contribution in [0.2, 0.25) is 0 Å². The molecule has 0 aromatic rings. The van der Waals surface area contributed by atoms with Crippen LogP contribution >= 0.6 is 0 Å². The molecule has 1 heterocycles. The van der Waals surface area contributed by atoms with Crippen molar-refractivity contribution in [3.8, 4) is 12.3 Å². The molecule has 2 amide bonds. The quantitative estimate of drug-likeness (QED) is 0.506. The van der Waals surface area contributed by atoms with E-state index < -0.39 is 6.04 Å². The Bertz CT molecular complexity index is 254. The molecule has 1 N–H and O–H groups in total. The summed E-state index contributed by atoms with van der Waals surface area (Å²) in [5.74, 6) is 2.07. The summed E-state index contributed by atoms with van der Waals surface area (Å²) in [5, 5.41) is 2.47. The number of nitrogens with zero attached hydrogens (tertiary/aromatic N) is 1. The Morgan fingerprint density at radius 3 is 3.00 bits per heavy atom. The Labute approximate surface area is 70.9 Å². The first-order valence-corrected chi connectivity index (χ1v) is 3.67. The molecule has 0 saturated carbocycles. The zero-order valence-electron chi connectivity index (χ0n) is 6.83. The van der Waals surface area contributed by atoms with Crippen molar-refractivity contribution in [1.82, 2.24) is 10.2 Å². The van der Waals surface area contributed by atoms with Crippen molar-refractivity contribution in [1.29, 1.82) is 0 Å². The van der Waals surface area contributed by atoms with Crippen molar-refractivity contribution in [2.24, 2.45) is 0 Å². The fourth-order valence-corrected chi connectivity index (χ4v) is 1.09. The van der Waals surface area contributed by atoms with Gasteiger partial charge in [0, 0.05) is 0 Å². The molecular weight excluding hydrogens is 156 g/mol. The van der Waals surface area contributed by atoms with Gasteiger partial charge in [-0.3, -0.25) is 9.59 Å². The highest BCUT2D eigenvalue weighted by Gasteiger charge is 2.29. The lowest BCUT2D eigenvalue weighted by atomic mass is 10.2. The SMILES string of the molecule is C#CCN1C(=O)CNC(=O)C1C. The molecule has 1 unspecified atom stereocenters. The van der Waals surface area contributed by atoms with Crippen molar-refractivity contribution in [3.05, 3.63) is 0 Å². The maximum atomic E-state index is 11.2. The Morgan fingerprint density at radius 1 is 1.75 bits per heavy atom. The van der Waals surface area contributed by atoms with E-state index in [0.29, 0.717) is 0 Å². The number of hydrogen-bond acceptors (Lipinski definition) is 2. The fraction of sp³-hybridized carbons (Fsp3) is 0.500. The highest BCUT2D eigenvalue weighted by Crippen LogP contribution is 2.03. The third-order valence-corrected chi connectivity index (χ3v) is 1.84. The predicted molar refractivity (Wildman–Crippen MR) is 43.0 cm³/mol. The van der Waals surface area contributed by atoms with Gasteiger partial charge in [0.05, 0.1) is 13.1 Å². The number of nitrogens with one attached hydrogen (secondary N) is 1. The van der Waals surface area contributed by atoms with Crippen LogP contribution in [0.25, 0.3) is 0 Å². The number of piperazine rings is 1. The van der Waals surface area contributed by atoms with Gasteiger partial charge in [0.25, 0.3) is 0 Å². The molecule has 4 heteroatoms. The second-order valence-corrected chi connectivity index (χ2v) is 2.62. The van der Waals surface area contributed by atoms with Gasteiger partial charge >= 0.3 is 0 Å². The molecule has 1 aliphatic rings. The van der Waals surface area contributed by atoms with Crippen LogP contribution in [-0.2, 0) is 9.59 Å². The molecule has 1 aliphatic heterocycles. The van der Waals surface area contributed by atoms with Crippen LogP contribution in [0.15, 0.2) is 0 Å². The lowest BCUT2D eigenvalue weighted by Gasteiger charge is -2.30. The molecular formula is C8H10N2O2. The van der Waals surface area contributed by atoms with Gasteiger partial charge in [-0.25, -0.2) is 0 Å². The molecule has 0 aliphatic carbocycles. The molecule has 0 aromatic heterocycles. The van der Waals surface area contributed by atoms with Crippen molar-refractivity contribution < 1.29 is 9.59 Å². The van der Waals surface area contributed by atoms with Crippen molar-refractivity contribution in [2.45, 2.75) is 13.0 Å². The molecule has 1 atom stereocenters. The Morgan fingerprint density at radius 2 is 2.42 bits per heavy atom. The summed E-state index contributed by atoms with van der Waals surface area (Å²) in [6.45, 7) is 1.92. The van der Waals surface area contributed by atoms with Crippen LogP contribution in [0.1, 0.15) is 6.92 Å². The van der Waals surface area contributed by atoms with E-state index in [-0.39, 0.29) is 24.9 Å². The summed E-state index contributed by atoms with van der Waals surface area (Å²) in [5.41, 5.74) is 0. The summed E-state index contributed by atoms with van der Waals surface area (Å²) in [6, 6.07) is -0.442. The van der Waals surface area contributed by atoms with Gasteiger partial charge in [-0.15, -0.1) is 6.42 Å². The van der Waals surface area contributed by atoms with Gasteiger partial charge in [0.15, 0.2) is 0 Å². The number of amides is 2. The smallest absolute Gasteiger partial charge is 0.243 e. The minimum atomic E-state index is -0.442. The van der Waals surface area contributed by atoms with Gasteiger partial charge < -0.3 is 10.2 Å². The monoisotopic (exact) mass is 166 g/mol. The number of carbonyl (C=O) groups excluding carboxylic acids is 2. The van der Waals surface area contributed by atoms with Crippen LogP contribution < -0.4 is 5.32 Å². The van der Waals surface area contributed by atoms with E-state index in [1.807, 2.05) is 0 Å². The predicted octanol–water partition coefficient (Wildman–Crippen LogP) is -1.03. The lowest BCUT2D eigenvalue weighted by molar-refractivity contribution is -0.144. The topological polar surface area (TPSA) is 49.4 Å². The molecule has 0 spiro atoms. The Kier molecular flexibility index (Phi) is 2.34. The van der Waals surface area contributed by atoms with Gasteiger partial charge in [-0.2, -0.15) is 0 Å². The maximum Gasteiger partial charge on any atom is 0.243 e. The van der Waals surface area contributed by atoms with E-state index in [2.05, 4.69) is 11.2 Å². The van der Waals surface area contributed by atoms with Crippen LogP contribution in [-0.4, -0.2) is 35.8 Å². The summed E-state index contributed by atoms with van der Waals surface area (Å²) in [4.78, 5) is 23.6. The Balaban J connectivity index is 2.73. The highest BCUT2D eigenvalue weighted by molar-refractivity contribution is 5.94. The van der Waals surface area contributed by atoms with Gasteiger partial charge in [-0.05, 0) is 6.92 Å². The van der Waals surface area contributed by atoms with Crippen LogP contribution in [0.4, 0.5) is 0 Å². The zero-order valence-corrected chi connectivity index (χ0v) is 6.83. The highest BCUT2D eigenvalue weighted by atomic mass is 16.2. The molecule has 64 valence electrons. The van der Waals surface area contributed by atoms with E-state index >= 15 is 0 Å². The van der Waals surface area contributed by atoms with E-state index in [0.717, 1.165) is 0 Å². The lowest BCUT2D eigenvalue weighted by Crippen LogP contribution is -2.57. The van der Waals surface area contributed by atoms with E-state index in [4.69, 9.17) is 6.42 Å². The first-order chi connectivity index (χ1) is 5.66.